The van der Waals surface area contributed by atoms with E-state index in [0.29, 0.717) is 0 Å². The van der Waals surface area contributed by atoms with Gasteiger partial charge in [-0.15, -0.1) is 0 Å². The highest BCUT2D eigenvalue weighted by molar-refractivity contribution is 5.21. The van der Waals surface area contributed by atoms with Crippen LogP contribution in [0.5, 0.6) is 0 Å². The van der Waals surface area contributed by atoms with Crippen LogP contribution >= 0.6 is 0 Å². The standard InChI is InChI=1S/C8H12.C7H12.C5H12.C3H8.C2H6/c1-7-3-5-8(2)6-4-7;1-6(2)5-7(3)4;1-4-5(2)3;1-3-2;1-2/h3,5H,4,6H2,1-2H3;5H,1H2,2-4H3;5H,4H2,1-3H3;3H2,1-2H3;1-2H3. The lowest BCUT2D eigenvalue weighted by molar-refractivity contribution is 0.626. The zero-order chi connectivity index (χ0) is 20.8. The van der Waals surface area contributed by atoms with Gasteiger partial charge in [0.2, 0.25) is 0 Å². The monoisotopic (exact) mass is 350 g/mol. The first-order valence-corrected chi connectivity index (χ1v) is 10.2. The van der Waals surface area contributed by atoms with Gasteiger partial charge in [0.05, 0.1) is 0 Å². The van der Waals surface area contributed by atoms with Gasteiger partial charge in [-0.2, -0.15) is 0 Å². The summed E-state index contributed by atoms with van der Waals surface area (Å²) in [6.07, 6.45) is 11.6. The molecule has 0 heterocycles. The van der Waals surface area contributed by atoms with Crippen LogP contribution in [-0.4, -0.2) is 0 Å². The Morgan fingerprint density at radius 1 is 0.960 bits per heavy atom. The summed E-state index contributed by atoms with van der Waals surface area (Å²) in [5.41, 5.74) is 5.46. The summed E-state index contributed by atoms with van der Waals surface area (Å²) < 4.78 is 0. The van der Waals surface area contributed by atoms with Crippen LogP contribution in [0, 0.1) is 5.92 Å². The average Bonchev–Trinajstić information content (AvgIpc) is 2.53. The van der Waals surface area contributed by atoms with Crippen LogP contribution in [0.3, 0.4) is 0 Å². The molecule has 25 heavy (non-hydrogen) atoms. The number of hydrogen-bond donors (Lipinski definition) is 0. The van der Waals surface area contributed by atoms with Gasteiger partial charge in [-0.25, -0.2) is 0 Å². The summed E-state index contributed by atoms with van der Waals surface area (Å²) in [6.45, 7) is 29.1. The fourth-order valence-electron chi connectivity index (χ4n) is 1.34. The van der Waals surface area contributed by atoms with E-state index in [4.69, 9.17) is 0 Å². The Hall–Kier alpha value is -1.04. The molecule has 0 aromatic carbocycles. The van der Waals surface area contributed by atoms with E-state index in [1.165, 1.54) is 42.4 Å². The van der Waals surface area contributed by atoms with Crippen molar-refractivity contribution in [1.29, 1.82) is 0 Å². The summed E-state index contributed by atoms with van der Waals surface area (Å²) in [4.78, 5) is 0. The molecule has 0 fully saturated rings. The second kappa shape index (κ2) is 25.2. The molecule has 0 N–H and O–H groups in total. The lowest BCUT2D eigenvalue weighted by atomic mass is 10.0. The Bertz CT molecular complexity index is 339. The normalized spacial score (nSPS) is 11.4. The molecule has 150 valence electrons. The van der Waals surface area contributed by atoms with E-state index in [2.05, 4.69) is 87.1 Å². The van der Waals surface area contributed by atoms with Crippen LogP contribution < -0.4 is 0 Å². The molecule has 0 aliphatic heterocycles. The molecule has 0 bridgehead atoms. The van der Waals surface area contributed by atoms with Crippen molar-refractivity contribution < 1.29 is 0 Å². The molecule has 0 heteroatoms. The van der Waals surface area contributed by atoms with Gasteiger partial charge in [0.15, 0.2) is 0 Å². The molecule has 1 aliphatic rings. The van der Waals surface area contributed by atoms with Gasteiger partial charge in [0.25, 0.3) is 0 Å². The predicted octanol–water partition coefficient (Wildman–Crippen LogP) is 9.70. The zero-order valence-electron chi connectivity index (χ0n) is 19.8. The summed E-state index contributed by atoms with van der Waals surface area (Å²) in [5, 5.41) is 0. The molecule has 1 rings (SSSR count). The van der Waals surface area contributed by atoms with Crippen LogP contribution in [0.15, 0.2) is 47.1 Å². The second-order valence-electron chi connectivity index (χ2n) is 7.10. The van der Waals surface area contributed by atoms with Crippen molar-refractivity contribution in [3.8, 4) is 0 Å². The smallest absolute Gasteiger partial charge is 0.0283 e. The van der Waals surface area contributed by atoms with E-state index in [9.17, 15) is 0 Å². The third kappa shape index (κ3) is 45.1. The van der Waals surface area contributed by atoms with Crippen molar-refractivity contribution in [2.45, 2.75) is 109 Å². The Morgan fingerprint density at radius 3 is 1.32 bits per heavy atom. The SMILES string of the molecule is C=C(C)C=C(C)C.CC.CC1=CC=C(C)CC1.CCC.CCC(C)C. The highest BCUT2D eigenvalue weighted by atomic mass is 14.0. The number of hydrogen-bond acceptors (Lipinski definition) is 0. The molecule has 0 saturated heterocycles. The summed E-state index contributed by atoms with van der Waals surface area (Å²) >= 11 is 0. The van der Waals surface area contributed by atoms with Gasteiger partial charge in [-0.05, 0) is 53.4 Å². The Kier molecular flexibility index (Phi) is 32.0. The molecule has 0 saturated carbocycles. The van der Waals surface area contributed by atoms with Crippen molar-refractivity contribution in [3.05, 3.63) is 47.1 Å². The molecule has 0 nitrogen and oxygen atoms in total. The van der Waals surface area contributed by atoms with Crippen LogP contribution in [0.25, 0.3) is 0 Å². The Morgan fingerprint density at radius 2 is 1.24 bits per heavy atom. The molecular formula is C25H50. The van der Waals surface area contributed by atoms with E-state index < -0.39 is 0 Å². The first-order chi connectivity index (χ1) is 11.6. The van der Waals surface area contributed by atoms with Gasteiger partial charge in [-0.3, -0.25) is 0 Å². The summed E-state index contributed by atoms with van der Waals surface area (Å²) in [6, 6.07) is 0. The van der Waals surface area contributed by atoms with E-state index >= 15 is 0 Å². The Labute approximate surface area is 162 Å². The maximum atomic E-state index is 3.72. The van der Waals surface area contributed by atoms with Gasteiger partial charge in [-0.1, -0.05) is 108 Å². The molecular weight excluding hydrogens is 300 g/mol. The summed E-state index contributed by atoms with van der Waals surface area (Å²) in [5.74, 6) is 0.884. The lowest BCUT2D eigenvalue weighted by Gasteiger charge is -2.05. The van der Waals surface area contributed by atoms with Gasteiger partial charge in [0.1, 0.15) is 0 Å². The first kappa shape index (κ1) is 31.7. The maximum absolute atomic E-state index is 3.72. The highest BCUT2D eigenvalue weighted by Gasteiger charge is 1.95. The van der Waals surface area contributed by atoms with Crippen LogP contribution in [-0.2, 0) is 0 Å². The largest absolute Gasteiger partial charge is 0.0961 e. The molecule has 0 radical (unpaired) electrons. The van der Waals surface area contributed by atoms with Crippen molar-refractivity contribution in [2.75, 3.05) is 0 Å². The topological polar surface area (TPSA) is 0 Å². The minimum Gasteiger partial charge on any atom is -0.0961 e. The van der Waals surface area contributed by atoms with Gasteiger partial charge in [0, 0.05) is 0 Å². The van der Waals surface area contributed by atoms with E-state index in [1.807, 2.05) is 20.8 Å². The van der Waals surface area contributed by atoms with Crippen molar-refractivity contribution in [2.24, 2.45) is 5.92 Å². The first-order valence-electron chi connectivity index (χ1n) is 10.2. The van der Waals surface area contributed by atoms with Crippen molar-refractivity contribution in [1.82, 2.24) is 0 Å². The highest BCUT2D eigenvalue weighted by Crippen LogP contribution is 2.15. The second-order valence-corrected chi connectivity index (χ2v) is 7.10. The van der Waals surface area contributed by atoms with Crippen molar-refractivity contribution in [3.63, 3.8) is 0 Å². The molecule has 0 atom stereocenters. The number of rotatable bonds is 2. The minimum atomic E-state index is 0.884. The average molecular weight is 351 g/mol. The van der Waals surface area contributed by atoms with E-state index in [-0.39, 0.29) is 0 Å². The zero-order valence-corrected chi connectivity index (χ0v) is 19.8. The van der Waals surface area contributed by atoms with Gasteiger partial charge < -0.3 is 0 Å². The third-order valence-electron chi connectivity index (χ3n) is 2.92. The molecule has 0 spiro atoms. The molecule has 1 aliphatic carbocycles. The third-order valence-corrected chi connectivity index (χ3v) is 2.92. The minimum absolute atomic E-state index is 0.884. The van der Waals surface area contributed by atoms with Gasteiger partial charge >= 0.3 is 0 Å². The Balaban J connectivity index is -0.000000120. The summed E-state index contributed by atoms with van der Waals surface area (Å²) in [7, 11) is 0. The van der Waals surface area contributed by atoms with E-state index in [0.717, 1.165) is 11.5 Å². The van der Waals surface area contributed by atoms with Crippen LogP contribution in [0.2, 0.25) is 0 Å². The lowest BCUT2D eigenvalue weighted by Crippen LogP contribution is -1.85. The molecule has 0 aromatic rings. The number of allylic oxidation sites excluding steroid dienone is 7. The molecule has 0 aromatic heterocycles. The fraction of sp³-hybridized carbons (Fsp3) is 0.680. The fourth-order valence-corrected chi connectivity index (χ4v) is 1.34. The van der Waals surface area contributed by atoms with Crippen LogP contribution in [0.4, 0.5) is 0 Å². The maximum Gasteiger partial charge on any atom is -0.0283 e. The quantitative estimate of drug-likeness (QED) is 0.435. The van der Waals surface area contributed by atoms with E-state index in [1.54, 1.807) is 0 Å². The molecule has 0 unspecified atom stereocenters. The van der Waals surface area contributed by atoms with Crippen LogP contribution in [0.1, 0.15) is 109 Å². The predicted molar refractivity (Wildman–Crippen MR) is 123 cm³/mol. The molecule has 0 amide bonds. The van der Waals surface area contributed by atoms with Crippen molar-refractivity contribution >= 4 is 0 Å².